The van der Waals surface area contributed by atoms with Crippen LogP contribution in [0.2, 0.25) is 0 Å². The van der Waals surface area contributed by atoms with Crippen molar-refractivity contribution < 1.29 is 4.79 Å². The highest BCUT2D eigenvalue weighted by molar-refractivity contribution is 6.35. The van der Waals surface area contributed by atoms with Gasteiger partial charge in [-0.2, -0.15) is 0 Å². The van der Waals surface area contributed by atoms with E-state index in [1.54, 1.807) is 28.7 Å². The molecule has 2 aromatic carbocycles. The zero-order valence-corrected chi connectivity index (χ0v) is 15.0. The molecule has 1 aromatic heterocycles. The highest BCUT2D eigenvalue weighted by atomic mass is 16.2. The Morgan fingerprint density at radius 1 is 1.12 bits per heavy atom. The summed E-state index contributed by atoms with van der Waals surface area (Å²) in [5, 5.41) is 0.586. The van der Waals surface area contributed by atoms with Gasteiger partial charge < -0.3 is 4.90 Å². The number of amides is 1. The second-order valence-corrected chi connectivity index (χ2v) is 6.48. The third-order valence-corrected chi connectivity index (χ3v) is 4.82. The molecule has 1 aliphatic heterocycles. The summed E-state index contributed by atoms with van der Waals surface area (Å²) in [5.74, 6) is 0.415. The number of aromatic nitrogens is 2. The second-order valence-electron chi connectivity index (χ2n) is 6.48. The summed E-state index contributed by atoms with van der Waals surface area (Å²) >= 11 is 0. The van der Waals surface area contributed by atoms with Crippen molar-refractivity contribution in [1.82, 2.24) is 9.55 Å². The monoisotopic (exact) mass is 345 g/mol. The summed E-state index contributed by atoms with van der Waals surface area (Å²) in [6, 6.07) is 13.2. The van der Waals surface area contributed by atoms with Gasteiger partial charge in [-0.15, -0.1) is 0 Å². The molecule has 0 fully saturated rings. The Labute approximate surface area is 151 Å². The van der Waals surface area contributed by atoms with Crippen molar-refractivity contribution >= 4 is 34.1 Å². The van der Waals surface area contributed by atoms with E-state index >= 15 is 0 Å². The van der Waals surface area contributed by atoms with Gasteiger partial charge in [-0.1, -0.05) is 23.8 Å². The van der Waals surface area contributed by atoms with Crippen molar-refractivity contribution in [2.24, 2.45) is 0 Å². The molecule has 0 spiro atoms. The molecule has 26 heavy (non-hydrogen) atoms. The number of anilines is 1. The number of hydrogen-bond donors (Lipinski definition) is 0. The summed E-state index contributed by atoms with van der Waals surface area (Å²) in [6.45, 7) is 4.39. The number of nitrogens with zero attached hydrogens (tertiary/aromatic N) is 3. The maximum absolute atomic E-state index is 12.8. The largest absolute Gasteiger partial charge is 0.311 e. The Bertz CT molecular complexity index is 1140. The van der Waals surface area contributed by atoms with E-state index in [0.29, 0.717) is 28.8 Å². The number of para-hydroxylation sites is 1. The van der Waals surface area contributed by atoms with Gasteiger partial charge in [-0.05, 0) is 44.2 Å². The first-order valence-corrected chi connectivity index (χ1v) is 8.61. The molecule has 5 nitrogen and oxygen atoms in total. The maximum atomic E-state index is 12.8. The average Bonchev–Trinajstić information content (AvgIpc) is 2.86. The van der Waals surface area contributed by atoms with Gasteiger partial charge in [0.15, 0.2) is 0 Å². The number of rotatable bonds is 2. The minimum Gasteiger partial charge on any atom is -0.311 e. The second kappa shape index (κ2) is 5.95. The molecular weight excluding hydrogens is 326 g/mol. The van der Waals surface area contributed by atoms with Crippen LogP contribution in [0.3, 0.4) is 0 Å². The molecule has 2 heterocycles. The van der Waals surface area contributed by atoms with E-state index in [1.165, 1.54) is 0 Å². The quantitative estimate of drug-likeness (QED) is 0.670. The fourth-order valence-corrected chi connectivity index (χ4v) is 3.43. The van der Waals surface area contributed by atoms with Gasteiger partial charge in [0, 0.05) is 19.2 Å². The Morgan fingerprint density at radius 2 is 1.88 bits per heavy atom. The van der Waals surface area contributed by atoms with Crippen molar-refractivity contribution in [2.75, 3.05) is 11.9 Å². The topological polar surface area (TPSA) is 55.2 Å². The maximum Gasteiger partial charge on any atom is 0.261 e. The lowest BCUT2D eigenvalue weighted by Crippen LogP contribution is -2.24. The normalized spacial score (nSPS) is 15.1. The minimum absolute atomic E-state index is 0.0874. The molecule has 130 valence electrons. The molecule has 5 heteroatoms. The summed E-state index contributed by atoms with van der Waals surface area (Å²) in [4.78, 5) is 31.8. The van der Waals surface area contributed by atoms with Crippen molar-refractivity contribution in [2.45, 2.75) is 20.4 Å². The average molecular weight is 345 g/mol. The van der Waals surface area contributed by atoms with Crippen LogP contribution < -0.4 is 10.5 Å². The van der Waals surface area contributed by atoms with Gasteiger partial charge in [0.1, 0.15) is 5.82 Å². The number of likely N-dealkylation sites (N-methyl/N-ethyl adjacent to an activating group) is 1. The molecule has 0 aliphatic carbocycles. The number of benzene rings is 2. The van der Waals surface area contributed by atoms with Gasteiger partial charge >= 0.3 is 0 Å². The molecule has 0 saturated carbocycles. The van der Waals surface area contributed by atoms with Gasteiger partial charge in [0.05, 0.1) is 22.2 Å². The van der Waals surface area contributed by atoms with Gasteiger partial charge in [-0.3, -0.25) is 14.2 Å². The van der Waals surface area contributed by atoms with Crippen LogP contribution in [0.25, 0.3) is 22.6 Å². The zero-order chi connectivity index (χ0) is 18.4. The summed E-state index contributed by atoms with van der Waals surface area (Å²) in [5.41, 5.74) is 3.94. The first kappa shape index (κ1) is 16.3. The van der Waals surface area contributed by atoms with Crippen LogP contribution in [0.5, 0.6) is 0 Å². The first-order chi connectivity index (χ1) is 12.5. The lowest BCUT2D eigenvalue weighted by molar-refractivity contribution is -0.112. The van der Waals surface area contributed by atoms with Crippen LogP contribution in [0.15, 0.2) is 47.3 Å². The molecule has 0 unspecified atom stereocenters. The van der Waals surface area contributed by atoms with E-state index in [4.69, 9.17) is 0 Å². The van der Waals surface area contributed by atoms with E-state index in [9.17, 15) is 9.59 Å². The van der Waals surface area contributed by atoms with Crippen molar-refractivity contribution in [3.05, 3.63) is 69.8 Å². The molecule has 4 rings (SSSR count). The minimum atomic E-state index is -0.0896. The molecule has 0 saturated heterocycles. The molecule has 0 atom stereocenters. The Balaban J connectivity index is 1.99. The number of aryl methyl sites for hydroxylation is 1. The zero-order valence-electron chi connectivity index (χ0n) is 15.0. The van der Waals surface area contributed by atoms with Gasteiger partial charge in [-0.25, -0.2) is 4.98 Å². The van der Waals surface area contributed by atoms with Gasteiger partial charge in [0.2, 0.25) is 0 Å². The van der Waals surface area contributed by atoms with Crippen LogP contribution in [-0.4, -0.2) is 22.5 Å². The van der Waals surface area contributed by atoms with E-state index in [2.05, 4.69) is 4.98 Å². The summed E-state index contributed by atoms with van der Waals surface area (Å²) in [7, 11) is 1.76. The Kier molecular flexibility index (Phi) is 3.72. The predicted molar refractivity (Wildman–Crippen MR) is 104 cm³/mol. The van der Waals surface area contributed by atoms with Crippen LogP contribution in [0.1, 0.15) is 23.9 Å². The number of hydrogen-bond acceptors (Lipinski definition) is 3. The number of carbonyl (C=O) groups is 1. The molecule has 1 amide bonds. The van der Waals surface area contributed by atoms with Crippen molar-refractivity contribution in [3.63, 3.8) is 0 Å². The van der Waals surface area contributed by atoms with E-state index < -0.39 is 0 Å². The van der Waals surface area contributed by atoms with Crippen LogP contribution in [0.4, 0.5) is 5.69 Å². The predicted octanol–water partition coefficient (Wildman–Crippen LogP) is 3.24. The molecule has 0 radical (unpaired) electrons. The highest BCUT2D eigenvalue weighted by Gasteiger charge is 2.30. The molecule has 1 aliphatic rings. The summed E-state index contributed by atoms with van der Waals surface area (Å²) < 4.78 is 1.61. The fourth-order valence-electron chi connectivity index (χ4n) is 3.43. The first-order valence-electron chi connectivity index (χ1n) is 8.61. The lowest BCUT2D eigenvalue weighted by atomic mass is 10.0. The van der Waals surface area contributed by atoms with Gasteiger partial charge in [0.25, 0.3) is 11.5 Å². The third kappa shape index (κ3) is 2.36. The standard InChI is InChI=1S/C21H19N3O2/c1-4-24-19(22-17-8-6-5-7-14(17)21(24)26)12-16-15-11-13(2)9-10-18(15)23(3)20(16)25/h5-12H,4H2,1-3H3/b16-12-. The fraction of sp³-hybridized carbons (Fsp3) is 0.190. The van der Waals surface area contributed by atoms with E-state index in [1.807, 2.05) is 50.2 Å². The Morgan fingerprint density at radius 3 is 2.65 bits per heavy atom. The Hall–Kier alpha value is -3.21. The number of fused-ring (bicyclic) bond motifs is 2. The van der Waals surface area contributed by atoms with Crippen LogP contribution in [-0.2, 0) is 11.3 Å². The van der Waals surface area contributed by atoms with Crippen LogP contribution in [0, 0.1) is 6.92 Å². The van der Waals surface area contributed by atoms with E-state index in [-0.39, 0.29) is 11.5 Å². The van der Waals surface area contributed by atoms with Crippen molar-refractivity contribution in [1.29, 1.82) is 0 Å². The number of carbonyl (C=O) groups excluding carboxylic acids is 1. The molecular formula is C21H19N3O2. The van der Waals surface area contributed by atoms with Crippen molar-refractivity contribution in [3.8, 4) is 0 Å². The lowest BCUT2D eigenvalue weighted by Gasteiger charge is -2.10. The van der Waals surface area contributed by atoms with Crippen LogP contribution >= 0.6 is 0 Å². The van der Waals surface area contributed by atoms with E-state index in [0.717, 1.165) is 16.8 Å². The molecule has 0 N–H and O–H groups in total. The summed E-state index contributed by atoms with van der Waals surface area (Å²) in [6.07, 6.45) is 1.74. The smallest absolute Gasteiger partial charge is 0.261 e. The highest BCUT2D eigenvalue weighted by Crippen LogP contribution is 2.37. The molecule has 0 bridgehead atoms. The third-order valence-electron chi connectivity index (χ3n) is 4.82. The SMILES string of the molecule is CCn1c(/C=C2\C(=O)N(C)c3ccc(C)cc32)nc2ccccc2c1=O. The molecule has 3 aromatic rings.